The molecule has 2 aromatic rings. The normalized spacial score (nSPS) is 12.1. The molecule has 86 valence electrons. The van der Waals surface area contributed by atoms with Gasteiger partial charge in [-0.15, -0.1) is 11.6 Å². The second-order valence-electron chi connectivity index (χ2n) is 3.14. The van der Waals surface area contributed by atoms with Gasteiger partial charge in [0.05, 0.1) is 12.1 Å². The minimum Gasteiger partial charge on any atom is -0.341 e. The lowest BCUT2D eigenvalue weighted by molar-refractivity contribution is 0.592. The van der Waals surface area contributed by atoms with Gasteiger partial charge in [-0.3, -0.25) is 0 Å². The van der Waals surface area contributed by atoms with Gasteiger partial charge < -0.3 is 4.98 Å². The van der Waals surface area contributed by atoms with Crippen LogP contribution < -0.4 is 0 Å². The molecule has 0 aromatic carbocycles. The first-order valence-corrected chi connectivity index (χ1v) is 6.76. The Kier molecular flexibility index (Phi) is 3.06. The Bertz CT molecular complexity index is 595. The predicted molar refractivity (Wildman–Crippen MR) is 59.1 cm³/mol. The molecular weight excluding hydrogens is 252 g/mol. The van der Waals surface area contributed by atoms with E-state index in [0.717, 1.165) is 0 Å². The van der Waals surface area contributed by atoms with Crippen molar-refractivity contribution in [1.82, 2.24) is 19.9 Å². The van der Waals surface area contributed by atoms with Crippen LogP contribution in [-0.4, -0.2) is 40.0 Å². The van der Waals surface area contributed by atoms with Crippen molar-refractivity contribution in [3.63, 3.8) is 0 Å². The van der Waals surface area contributed by atoms with Gasteiger partial charge in [0.15, 0.2) is 20.5 Å². The summed E-state index contributed by atoms with van der Waals surface area (Å²) in [5.41, 5.74) is 0.691. The van der Waals surface area contributed by atoms with Gasteiger partial charge in [0.25, 0.3) is 0 Å². The van der Waals surface area contributed by atoms with E-state index >= 15 is 0 Å². The third-order valence-electron chi connectivity index (χ3n) is 2.03. The van der Waals surface area contributed by atoms with Crippen molar-refractivity contribution < 1.29 is 8.42 Å². The molecule has 0 atom stereocenters. The molecule has 0 aliphatic rings. The summed E-state index contributed by atoms with van der Waals surface area (Å²) in [6, 6.07) is 0. The highest BCUT2D eigenvalue weighted by molar-refractivity contribution is 7.91. The molecule has 0 amide bonds. The Morgan fingerprint density at radius 2 is 2.12 bits per heavy atom. The van der Waals surface area contributed by atoms with Crippen LogP contribution in [0.25, 0.3) is 11.2 Å². The van der Waals surface area contributed by atoms with Crippen LogP contribution in [0.1, 0.15) is 6.42 Å². The molecule has 2 heterocycles. The van der Waals surface area contributed by atoms with Gasteiger partial charge in [-0.2, -0.15) is 0 Å². The molecule has 1 N–H and O–H groups in total. The Morgan fingerprint density at radius 1 is 1.31 bits per heavy atom. The standard InChI is InChI=1S/C8H9ClN4O2S/c9-2-1-3-16(14,15)8-6-7(11-4-10-6)12-5-13-8/h4-5H,1-3H2,(H,10,11,12,13). The quantitative estimate of drug-likeness (QED) is 0.647. The van der Waals surface area contributed by atoms with Gasteiger partial charge in [-0.05, 0) is 6.42 Å². The summed E-state index contributed by atoms with van der Waals surface area (Å²) in [7, 11) is -3.43. The van der Waals surface area contributed by atoms with Crippen LogP contribution in [0.4, 0.5) is 0 Å². The Hall–Kier alpha value is -1.21. The van der Waals surface area contributed by atoms with Crippen molar-refractivity contribution in [3.05, 3.63) is 12.7 Å². The van der Waals surface area contributed by atoms with Crippen molar-refractivity contribution >= 4 is 32.6 Å². The van der Waals surface area contributed by atoms with Gasteiger partial charge >= 0.3 is 0 Å². The number of aromatic amines is 1. The lowest BCUT2D eigenvalue weighted by Gasteiger charge is -2.02. The highest BCUT2D eigenvalue weighted by atomic mass is 35.5. The molecular formula is C8H9ClN4O2S. The van der Waals surface area contributed by atoms with E-state index in [2.05, 4.69) is 19.9 Å². The van der Waals surface area contributed by atoms with Crippen LogP contribution in [0.15, 0.2) is 17.7 Å². The molecule has 0 aliphatic heterocycles. The molecule has 8 heteroatoms. The van der Waals surface area contributed by atoms with E-state index in [4.69, 9.17) is 11.6 Å². The number of rotatable bonds is 4. The summed E-state index contributed by atoms with van der Waals surface area (Å²) < 4.78 is 23.8. The minimum absolute atomic E-state index is 0.0138. The predicted octanol–water partition coefficient (Wildman–Crippen LogP) is 0.756. The first kappa shape index (κ1) is 11.3. The second kappa shape index (κ2) is 4.34. The maximum atomic E-state index is 11.9. The summed E-state index contributed by atoms with van der Waals surface area (Å²) >= 11 is 5.47. The largest absolute Gasteiger partial charge is 0.341 e. The van der Waals surface area contributed by atoms with Gasteiger partial charge in [-0.1, -0.05) is 0 Å². The zero-order valence-corrected chi connectivity index (χ0v) is 9.79. The lowest BCUT2D eigenvalue weighted by atomic mass is 10.6. The molecule has 0 saturated heterocycles. The van der Waals surface area contributed by atoms with E-state index < -0.39 is 9.84 Å². The van der Waals surface area contributed by atoms with E-state index in [1.165, 1.54) is 12.7 Å². The number of halogens is 1. The van der Waals surface area contributed by atoms with Crippen LogP contribution in [-0.2, 0) is 9.84 Å². The van der Waals surface area contributed by atoms with Crippen molar-refractivity contribution in [3.8, 4) is 0 Å². The van der Waals surface area contributed by atoms with E-state index in [1.54, 1.807) is 0 Å². The first-order chi connectivity index (χ1) is 7.65. The lowest BCUT2D eigenvalue weighted by Crippen LogP contribution is -2.10. The summed E-state index contributed by atoms with van der Waals surface area (Å²) in [4.78, 5) is 14.2. The smallest absolute Gasteiger partial charge is 0.197 e. The number of nitrogens with one attached hydrogen (secondary N) is 1. The third kappa shape index (κ3) is 2.00. The number of alkyl halides is 1. The summed E-state index contributed by atoms with van der Waals surface area (Å²) in [5.74, 6) is 0.276. The Morgan fingerprint density at radius 3 is 2.88 bits per heavy atom. The van der Waals surface area contributed by atoms with Gasteiger partial charge in [-0.25, -0.2) is 23.4 Å². The molecule has 16 heavy (non-hydrogen) atoms. The van der Waals surface area contributed by atoms with Crippen molar-refractivity contribution in [2.24, 2.45) is 0 Å². The van der Waals surface area contributed by atoms with Gasteiger partial charge in [0, 0.05) is 5.88 Å². The molecule has 0 unspecified atom stereocenters. The van der Waals surface area contributed by atoms with Gasteiger partial charge in [0.1, 0.15) is 11.8 Å². The zero-order valence-electron chi connectivity index (χ0n) is 8.22. The van der Waals surface area contributed by atoms with Crippen LogP contribution >= 0.6 is 11.6 Å². The Balaban J connectivity index is 2.50. The number of H-pyrrole nitrogens is 1. The average Bonchev–Trinajstić information content (AvgIpc) is 2.73. The van der Waals surface area contributed by atoms with Crippen molar-refractivity contribution in [2.75, 3.05) is 11.6 Å². The Labute approximate surface area is 97.0 Å². The monoisotopic (exact) mass is 260 g/mol. The fourth-order valence-corrected chi connectivity index (χ4v) is 3.00. The molecule has 0 bridgehead atoms. The van der Waals surface area contributed by atoms with E-state index in [9.17, 15) is 8.42 Å². The summed E-state index contributed by atoms with van der Waals surface area (Å²) in [6.45, 7) is 0. The van der Waals surface area contributed by atoms with Crippen molar-refractivity contribution in [2.45, 2.75) is 11.4 Å². The first-order valence-electron chi connectivity index (χ1n) is 4.58. The number of hydrogen-bond acceptors (Lipinski definition) is 5. The molecule has 0 radical (unpaired) electrons. The van der Waals surface area contributed by atoms with E-state index in [0.29, 0.717) is 23.5 Å². The number of fused-ring (bicyclic) bond motifs is 1. The van der Waals surface area contributed by atoms with Crippen LogP contribution in [0.3, 0.4) is 0 Å². The fraction of sp³-hybridized carbons (Fsp3) is 0.375. The molecule has 2 aromatic heterocycles. The SMILES string of the molecule is O=S(=O)(CCCCl)c1ncnc2nc[nH]c12. The molecule has 0 aliphatic carbocycles. The molecule has 0 fully saturated rings. The number of sulfone groups is 1. The fourth-order valence-electron chi connectivity index (χ4n) is 1.32. The second-order valence-corrected chi connectivity index (χ2v) is 5.54. The number of aromatic nitrogens is 4. The van der Waals surface area contributed by atoms with Crippen LogP contribution in [0.2, 0.25) is 0 Å². The third-order valence-corrected chi connectivity index (χ3v) is 4.02. The van der Waals surface area contributed by atoms with E-state index in [1.807, 2.05) is 0 Å². The number of hydrogen-bond donors (Lipinski definition) is 1. The maximum Gasteiger partial charge on any atom is 0.197 e. The van der Waals surface area contributed by atoms with Crippen molar-refractivity contribution in [1.29, 1.82) is 0 Å². The maximum absolute atomic E-state index is 11.9. The topological polar surface area (TPSA) is 88.6 Å². The van der Waals surface area contributed by atoms with Crippen LogP contribution in [0.5, 0.6) is 0 Å². The average molecular weight is 261 g/mol. The highest BCUT2D eigenvalue weighted by Crippen LogP contribution is 2.17. The van der Waals surface area contributed by atoms with Gasteiger partial charge in [0.2, 0.25) is 0 Å². The summed E-state index contributed by atoms with van der Waals surface area (Å²) in [5, 5.41) is -0.0138. The zero-order chi connectivity index (χ0) is 11.6. The molecule has 6 nitrogen and oxygen atoms in total. The molecule has 0 spiro atoms. The number of nitrogens with zero attached hydrogens (tertiary/aromatic N) is 3. The molecule has 0 saturated carbocycles. The van der Waals surface area contributed by atoms with E-state index in [-0.39, 0.29) is 10.8 Å². The highest BCUT2D eigenvalue weighted by Gasteiger charge is 2.20. The molecule has 2 rings (SSSR count). The van der Waals surface area contributed by atoms with Crippen LogP contribution in [0, 0.1) is 0 Å². The number of imidazole rings is 1. The summed E-state index contributed by atoms with van der Waals surface area (Å²) in [6.07, 6.45) is 2.97. The minimum atomic E-state index is -3.43.